The van der Waals surface area contributed by atoms with Gasteiger partial charge in [0.15, 0.2) is 0 Å². The number of carbonyl (C=O) groups excluding carboxylic acids is 2. The molecule has 7 nitrogen and oxygen atoms in total. The van der Waals surface area contributed by atoms with Gasteiger partial charge >= 0.3 is 6.03 Å². The van der Waals surface area contributed by atoms with Gasteiger partial charge < -0.3 is 21.4 Å². The van der Waals surface area contributed by atoms with Gasteiger partial charge in [-0.2, -0.15) is 0 Å². The van der Waals surface area contributed by atoms with E-state index in [0.29, 0.717) is 12.2 Å². The fraction of sp³-hybridized carbons (Fsp3) is 0.167. The number of aromatic nitrogens is 2. The Morgan fingerprint density at radius 1 is 1.08 bits per heavy atom. The topological polar surface area (TPSA) is 113 Å². The molecule has 0 aliphatic heterocycles. The number of carbonyl (C=O) groups is 2. The summed E-state index contributed by atoms with van der Waals surface area (Å²) in [5.74, 6) is 0.329. The molecule has 3 amide bonds. The maximum atomic E-state index is 12.4. The van der Waals surface area contributed by atoms with Gasteiger partial charge in [-0.15, -0.1) is 0 Å². The van der Waals surface area contributed by atoms with Crippen molar-refractivity contribution in [3.05, 3.63) is 66.0 Å². The maximum Gasteiger partial charge on any atom is 0.312 e. The Morgan fingerprint density at radius 2 is 1.80 bits per heavy atom. The zero-order chi connectivity index (χ0) is 17.6. The first-order chi connectivity index (χ1) is 12.1. The monoisotopic (exact) mass is 337 g/mol. The van der Waals surface area contributed by atoms with Gasteiger partial charge in [-0.3, -0.25) is 4.79 Å². The minimum Gasteiger partial charge on any atom is -0.352 e. The van der Waals surface area contributed by atoms with Crippen LogP contribution in [0.15, 0.2) is 54.6 Å². The highest BCUT2D eigenvalue weighted by Crippen LogP contribution is 2.10. The van der Waals surface area contributed by atoms with E-state index in [1.165, 1.54) is 0 Å². The minimum atomic E-state index is -0.746. The van der Waals surface area contributed by atoms with Crippen LogP contribution in [0.4, 0.5) is 4.79 Å². The Labute approximate surface area is 144 Å². The minimum absolute atomic E-state index is 0.235. The van der Waals surface area contributed by atoms with Gasteiger partial charge in [-0.1, -0.05) is 42.5 Å². The van der Waals surface area contributed by atoms with Crippen LogP contribution in [0.25, 0.3) is 11.0 Å². The van der Waals surface area contributed by atoms with Crippen LogP contribution in [0.1, 0.15) is 11.4 Å². The first-order valence-electron chi connectivity index (χ1n) is 7.93. The van der Waals surface area contributed by atoms with E-state index in [1.54, 1.807) is 0 Å². The summed E-state index contributed by atoms with van der Waals surface area (Å²) in [7, 11) is 0. The zero-order valence-electron chi connectivity index (χ0n) is 13.5. The summed E-state index contributed by atoms with van der Waals surface area (Å²) in [6.45, 7) is 0.235. The number of nitrogens with zero attached hydrogens (tertiary/aromatic N) is 1. The maximum absolute atomic E-state index is 12.4. The van der Waals surface area contributed by atoms with Gasteiger partial charge in [0.25, 0.3) is 0 Å². The van der Waals surface area contributed by atoms with Crippen molar-refractivity contribution in [2.75, 3.05) is 0 Å². The molecule has 7 heteroatoms. The number of fused-ring (bicyclic) bond motifs is 1. The highest BCUT2D eigenvalue weighted by Gasteiger charge is 2.20. The quantitative estimate of drug-likeness (QED) is 0.546. The van der Waals surface area contributed by atoms with Gasteiger partial charge in [0.1, 0.15) is 11.9 Å². The second kappa shape index (κ2) is 7.48. The van der Waals surface area contributed by atoms with Crippen molar-refractivity contribution in [3.63, 3.8) is 0 Å². The highest BCUT2D eigenvalue weighted by atomic mass is 16.2. The number of hydrogen-bond acceptors (Lipinski definition) is 3. The third-order valence-electron chi connectivity index (χ3n) is 3.78. The molecular formula is C18H19N5O2. The average molecular weight is 337 g/mol. The fourth-order valence-corrected chi connectivity index (χ4v) is 2.61. The Bertz CT molecular complexity index is 842. The Hall–Kier alpha value is -3.35. The van der Waals surface area contributed by atoms with E-state index in [-0.39, 0.29) is 12.5 Å². The van der Waals surface area contributed by atoms with Crippen molar-refractivity contribution in [1.29, 1.82) is 0 Å². The molecule has 25 heavy (non-hydrogen) atoms. The first-order valence-corrected chi connectivity index (χ1v) is 7.93. The summed E-state index contributed by atoms with van der Waals surface area (Å²) < 4.78 is 0. The number of nitrogens with one attached hydrogen (secondary N) is 3. The number of primary amides is 1. The molecule has 2 aromatic carbocycles. The number of nitrogens with two attached hydrogens (primary N) is 1. The molecule has 0 bridgehead atoms. The van der Waals surface area contributed by atoms with Crippen LogP contribution < -0.4 is 16.4 Å². The number of benzene rings is 2. The third-order valence-corrected chi connectivity index (χ3v) is 3.78. The predicted octanol–water partition coefficient (Wildman–Crippen LogP) is 1.46. The summed E-state index contributed by atoms with van der Waals surface area (Å²) in [5.41, 5.74) is 7.87. The van der Waals surface area contributed by atoms with Gasteiger partial charge in [-0.25, -0.2) is 9.78 Å². The van der Waals surface area contributed by atoms with E-state index in [2.05, 4.69) is 20.6 Å². The number of urea groups is 1. The molecule has 1 atom stereocenters. The van der Waals surface area contributed by atoms with Crippen LogP contribution in [0.5, 0.6) is 0 Å². The number of amides is 3. The van der Waals surface area contributed by atoms with Crippen molar-refractivity contribution in [2.45, 2.75) is 19.0 Å². The van der Waals surface area contributed by atoms with Crippen molar-refractivity contribution < 1.29 is 9.59 Å². The molecule has 0 aliphatic rings. The zero-order valence-corrected chi connectivity index (χ0v) is 13.5. The molecular weight excluding hydrogens is 318 g/mol. The van der Waals surface area contributed by atoms with E-state index in [4.69, 9.17) is 5.73 Å². The molecule has 3 rings (SSSR count). The van der Waals surface area contributed by atoms with Crippen molar-refractivity contribution >= 4 is 23.0 Å². The standard InChI is InChI=1S/C18H19N5O2/c19-18(25)23-15(10-12-6-2-1-3-7-12)17(24)20-11-16-21-13-8-4-5-9-14(13)22-16/h1-9,15H,10-11H2,(H,20,24)(H,21,22)(H3,19,23,25)/t15-/m1/s1. The number of hydrogen-bond donors (Lipinski definition) is 4. The van der Waals surface area contributed by atoms with Crippen LogP contribution in [-0.2, 0) is 17.8 Å². The first kappa shape index (κ1) is 16.5. The molecule has 128 valence electrons. The molecule has 0 aliphatic carbocycles. The summed E-state index contributed by atoms with van der Waals surface area (Å²) in [5, 5.41) is 5.27. The lowest BCUT2D eigenvalue weighted by Gasteiger charge is -2.17. The van der Waals surface area contributed by atoms with E-state index in [9.17, 15) is 9.59 Å². The smallest absolute Gasteiger partial charge is 0.312 e. The van der Waals surface area contributed by atoms with Crippen LogP contribution in [0.2, 0.25) is 0 Å². The average Bonchev–Trinajstić information content (AvgIpc) is 3.02. The molecule has 0 fully saturated rings. The lowest BCUT2D eigenvalue weighted by atomic mass is 10.1. The lowest BCUT2D eigenvalue weighted by molar-refractivity contribution is -0.123. The summed E-state index contributed by atoms with van der Waals surface area (Å²) in [4.78, 5) is 31.2. The van der Waals surface area contributed by atoms with Gasteiger partial charge in [-0.05, 0) is 17.7 Å². The normalized spacial score (nSPS) is 11.8. The largest absolute Gasteiger partial charge is 0.352 e. The number of imidazole rings is 1. The van der Waals surface area contributed by atoms with Crippen molar-refractivity contribution in [3.8, 4) is 0 Å². The molecule has 0 unspecified atom stereocenters. The molecule has 0 radical (unpaired) electrons. The Kier molecular flexibility index (Phi) is 4.94. The van der Waals surface area contributed by atoms with E-state index < -0.39 is 12.1 Å². The molecule has 5 N–H and O–H groups in total. The molecule has 3 aromatic rings. The summed E-state index contributed by atoms with van der Waals surface area (Å²) >= 11 is 0. The number of rotatable bonds is 6. The van der Waals surface area contributed by atoms with Gasteiger partial charge in [0, 0.05) is 6.42 Å². The highest BCUT2D eigenvalue weighted by molar-refractivity contribution is 5.86. The second-order valence-corrected chi connectivity index (χ2v) is 5.67. The van der Waals surface area contributed by atoms with Crippen molar-refractivity contribution in [2.24, 2.45) is 5.73 Å². The van der Waals surface area contributed by atoms with Crippen LogP contribution in [0.3, 0.4) is 0 Å². The van der Waals surface area contributed by atoms with Gasteiger partial charge in [0.05, 0.1) is 17.6 Å². The molecule has 0 saturated carbocycles. The number of para-hydroxylation sites is 2. The number of aromatic amines is 1. The van der Waals surface area contributed by atoms with Crippen LogP contribution in [0, 0.1) is 0 Å². The molecule has 1 aromatic heterocycles. The number of H-pyrrole nitrogens is 1. The third kappa shape index (κ3) is 4.35. The Morgan fingerprint density at radius 3 is 2.52 bits per heavy atom. The SMILES string of the molecule is NC(=O)N[C@H](Cc1ccccc1)C(=O)NCc1nc2ccccc2[nH]1. The molecule has 0 saturated heterocycles. The molecule has 0 spiro atoms. The molecule has 1 heterocycles. The fourth-order valence-electron chi connectivity index (χ4n) is 2.61. The lowest BCUT2D eigenvalue weighted by Crippen LogP contribution is -2.49. The van der Waals surface area contributed by atoms with E-state index >= 15 is 0 Å². The van der Waals surface area contributed by atoms with Gasteiger partial charge in [0.2, 0.25) is 5.91 Å². The Balaban J connectivity index is 1.65. The predicted molar refractivity (Wildman–Crippen MR) is 94.6 cm³/mol. The van der Waals surface area contributed by atoms with Crippen LogP contribution in [-0.4, -0.2) is 27.9 Å². The van der Waals surface area contributed by atoms with Crippen molar-refractivity contribution in [1.82, 2.24) is 20.6 Å². The summed E-state index contributed by atoms with van der Waals surface area (Å²) in [6.07, 6.45) is 0.357. The summed E-state index contributed by atoms with van der Waals surface area (Å²) in [6, 6.07) is 15.6. The van der Waals surface area contributed by atoms with Crippen LogP contribution >= 0.6 is 0 Å². The second-order valence-electron chi connectivity index (χ2n) is 5.67. The van der Waals surface area contributed by atoms with E-state index in [1.807, 2.05) is 54.6 Å². The van der Waals surface area contributed by atoms with E-state index in [0.717, 1.165) is 16.6 Å².